The highest BCUT2D eigenvalue weighted by atomic mass is 16.7. The van der Waals surface area contributed by atoms with Crippen LogP contribution in [0.15, 0.2) is 78.9 Å². The zero-order valence-corrected chi connectivity index (χ0v) is 15.8. The molecule has 0 bridgehead atoms. The van der Waals surface area contributed by atoms with Crippen LogP contribution in [0.4, 0.5) is 0 Å². The maximum atomic E-state index is 9.19. The molecule has 0 radical (unpaired) electrons. The molecule has 4 aromatic rings. The molecular formula is C25H21NO2. The van der Waals surface area contributed by atoms with Gasteiger partial charge in [0.1, 0.15) is 5.75 Å². The molecule has 28 heavy (non-hydrogen) atoms. The Bertz CT molecular complexity index is 1090. The zero-order valence-electron chi connectivity index (χ0n) is 15.8. The fourth-order valence-electron chi connectivity index (χ4n) is 3.42. The fourth-order valence-corrected chi connectivity index (χ4v) is 3.42. The number of rotatable bonds is 6. The molecule has 0 saturated carbocycles. The minimum absolute atomic E-state index is 0.163. The second-order valence-electron chi connectivity index (χ2n) is 6.83. The van der Waals surface area contributed by atoms with Crippen LogP contribution in [-0.2, 0) is 11.3 Å². The Kier molecular flexibility index (Phi) is 5.23. The molecule has 0 saturated heterocycles. The second kappa shape index (κ2) is 8.12. The van der Waals surface area contributed by atoms with E-state index in [-0.39, 0.29) is 6.42 Å². The number of fused-ring (bicyclic) bond motifs is 2. The summed E-state index contributed by atoms with van der Waals surface area (Å²) in [6, 6.07) is 28.7. The smallest absolute Gasteiger partial charge is 0.213 e. The standard InChI is InChI=1S/C25H21NO2/c1-18-10-12-21(13-11-18)28-25(14-15-26)27-17-24-22-8-4-2-6-19(22)16-20-7-3-5-9-23(20)24/h2-13,16,25H,14,17H2,1H3. The summed E-state index contributed by atoms with van der Waals surface area (Å²) in [4.78, 5) is 0. The van der Waals surface area contributed by atoms with Gasteiger partial charge < -0.3 is 9.47 Å². The van der Waals surface area contributed by atoms with Gasteiger partial charge in [-0.3, -0.25) is 0 Å². The van der Waals surface area contributed by atoms with Crippen molar-refractivity contribution in [3.63, 3.8) is 0 Å². The highest BCUT2D eigenvalue weighted by Crippen LogP contribution is 2.29. The first-order valence-corrected chi connectivity index (χ1v) is 9.36. The van der Waals surface area contributed by atoms with Crippen molar-refractivity contribution < 1.29 is 9.47 Å². The van der Waals surface area contributed by atoms with Crippen molar-refractivity contribution in [3.8, 4) is 11.8 Å². The first kappa shape index (κ1) is 18.0. The quantitative estimate of drug-likeness (QED) is 0.304. The van der Waals surface area contributed by atoms with Crippen LogP contribution >= 0.6 is 0 Å². The third-order valence-corrected chi connectivity index (χ3v) is 4.84. The number of nitrogens with zero attached hydrogens (tertiary/aromatic N) is 1. The molecule has 0 N–H and O–H groups in total. The minimum Gasteiger partial charge on any atom is -0.464 e. The molecule has 0 spiro atoms. The molecule has 0 aromatic heterocycles. The van der Waals surface area contributed by atoms with Crippen LogP contribution in [0.1, 0.15) is 17.5 Å². The minimum atomic E-state index is -0.620. The van der Waals surface area contributed by atoms with E-state index in [9.17, 15) is 5.26 Å². The lowest BCUT2D eigenvalue weighted by Crippen LogP contribution is -2.20. The fraction of sp³-hybridized carbons (Fsp3) is 0.160. The van der Waals surface area contributed by atoms with E-state index in [2.05, 4.69) is 36.4 Å². The molecule has 0 aliphatic carbocycles. The summed E-state index contributed by atoms with van der Waals surface area (Å²) in [6.45, 7) is 2.40. The molecule has 4 aromatic carbocycles. The lowest BCUT2D eigenvalue weighted by Gasteiger charge is -2.19. The molecule has 3 nitrogen and oxygen atoms in total. The average Bonchev–Trinajstić information content (AvgIpc) is 2.72. The van der Waals surface area contributed by atoms with Gasteiger partial charge in [0.2, 0.25) is 6.29 Å². The number of hydrogen-bond donors (Lipinski definition) is 0. The molecule has 0 fully saturated rings. The van der Waals surface area contributed by atoms with Gasteiger partial charge >= 0.3 is 0 Å². The lowest BCUT2D eigenvalue weighted by atomic mass is 9.97. The zero-order chi connectivity index (χ0) is 19.3. The summed E-state index contributed by atoms with van der Waals surface area (Å²) in [5, 5.41) is 13.9. The molecule has 4 rings (SSSR count). The van der Waals surface area contributed by atoms with E-state index in [4.69, 9.17) is 9.47 Å². The third-order valence-electron chi connectivity index (χ3n) is 4.84. The Morgan fingerprint density at radius 2 is 1.46 bits per heavy atom. The monoisotopic (exact) mass is 367 g/mol. The summed E-state index contributed by atoms with van der Waals surface area (Å²) in [7, 11) is 0. The number of nitriles is 1. The van der Waals surface area contributed by atoms with Crippen LogP contribution in [0.25, 0.3) is 21.5 Å². The highest BCUT2D eigenvalue weighted by molar-refractivity contribution is 6.02. The molecule has 0 aliphatic rings. The summed E-state index contributed by atoms with van der Waals surface area (Å²) < 4.78 is 12.0. The van der Waals surface area contributed by atoms with E-state index in [1.807, 2.05) is 55.5 Å². The SMILES string of the molecule is Cc1ccc(OC(CC#N)OCc2c3ccccc3cc3ccccc23)cc1. The van der Waals surface area contributed by atoms with Crippen molar-refractivity contribution in [3.05, 3.63) is 90.0 Å². The van der Waals surface area contributed by atoms with Gasteiger partial charge in [-0.1, -0.05) is 66.2 Å². The van der Waals surface area contributed by atoms with E-state index in [0.29, 0.717) is 12.4 Å². The summed E-state index contributed by atoms with van der Waals surface area (Å²) in [5.41, 5.74) is 2.27. The number of ether oxygens (including phenoxy) is 2. The van der Waals surface area contributed by atoms with Crippen molar-refractivity contribution in [2.45, 2.75) is 26.2 Å². The third kappa shape index (κ3) is 3.83. The second-order valence-corrected chi connectivity index (χ2v) is 6.83. The molecular weight excluding hydrogens is 346 g/mol. The maximum Gasteiger partial charge on any atom is 0.213 e. The van der Waals surface area contributed by atoms with Crippen LogP contribution in [0.2, 0.25) is 0 Å². The van der Waals surface area contributed by atoms with Crippen molar-refractivity contribution in [2.24, 2.45) is 0 Å². The Hall–Kier alpha value is -3.35. The van der Waals surface area contributed by atoms with E-state index in [1.165, 1.54) is 10.8 Å². The van der Waals surface area contributed by atoms with Gasteiger partial charge in [0.05, 0.1) is 19.1 Å². The molecule has 0 aliphatic heterocycles. The van der Waals surface area contributed by atoms with Gasteiger partial charge in [-0.2, -0.15) is 5.26 Å². The van der Waals surface area contributed by atoms with Crippen LogP contribution in [0.5, 0.6) is 5.75 Å². The Labute approximate surface area is 164 Å². The van der Waals surface area contributed by atoms with Crippen molar-refractivity contribution in [2.75, 3.05) is 0 Å². The van der Waals surface area contributed by atoms with Gasteiger partial charge in [0, 0.05) is 0 Å². The van der Waals surface area contributed by atoms with Gasteiger partial charge in [-0.05, 0) is 52.2 Å². The largest absolute Gasteiger partial charge is 0.464 e. The van der Waals surface area contributed by atoms with Gasteiger partial charge in [0.25, 0.3) is 0 Å². The van der Waals surface area contributed by atoms with Gasteiger partial charge in [-0.15, -0.1) is 0 Å². The van der Waals surface area contributed by atoms with Crippen molar-refractivity contribution in [1.29, 1.82) is 5.26 Å². The number of aryl methyl sites for hydroxylation is 1. The van der Waals surface area contributed by atoms with Crippen LogP contribution in [0, 0.1) is 18.3 Å². The normalized spacial score (nSPS) is 12.0. The predicted molar refractivity (Wildman–Crippen MR) is 112 cm³/mol. The van der Waals surface area contributed by atoms with Crippen LogP contribution in [0.3, 0.4) is 0 Å². The molecule has 1 unspecified atom stereocenters. The van der Waals surface area contributed by atoms with E-state index >= 15 is 0 Å². The maximum absolute atomic E-state index is 9.19. The Balaban J connectivity index is 1.64. The van der Waals surface area contributed by atoms with Gasteiger partial charge in [-0.25, -0.2) is 0 Å². The Morgan fingerprint density at radius 3 is 2.07 bits per heavy atom. The predicted octanol–water partition coefficient (Wildman–Crippen LogP) is 6.14. The first-order chi connectivity index (χ1) is 13.7. The molecule has 0 heterocycles. The van der Waals surface area contributed by atoms with Crippen molar-refractivity contribution in [1.82, 2.24) is 0 Å². The van der Waals surface area contributed by atoms with E-state index in [0.717, 1.165) is 21.9 Å². The van der Waals surface area contributed by atoms with Crippen LogP contribution < -0.4 is 4.74 Å². The highest BCUT2D eigenvalue weighted by Gasteiger charge is 2.14. The van der Waals surface area contributed by atoms with Crippen molar-refractivity contribution >= 4 is 21.5 Å². The summed E-state index contributed by atoms with van der Waals surface area (Å²) in [5.74, 6) is 0.702. The Morgan fingerprint density at radius 1 is 0.857 bits per heavy atom. The first-order valence-electron chi connectivity index (χ1n) is 9.36. The van der Waals surface area contributed by atoms with E-state index < -0.39 is 6.29 Å². The number of hydrogen-bond acceptors (Lipinski definition) is 3. The topological polar surface area (TPSA) is 42.2 Å². The molecule has 1 atom stereocenters. The van der Waals surface area contributed by atoms with Crippen LogP contribution in [-0.4, -0.2) is 6.29 Å². The molecule has 138 valence electrons. The van der Waals surface area contributed by atoms with Gasteiger partial charge in [0.15, 0.2) is 0 Å². The summed E-state index contributed by atoms with van der Waals surface area (Å²) in [6.07, 6.45) is -0.457. The van der Waals surface area contributed by atoms with E-state index in [1.54, 1.807) is 0 Å². The molecule has 3 heteroatoms. The lowest BCUT2D eigenvalue weighted by molar-refractivity contribution is -0.0847. The summed E-state index contributed by atoms with van der Waals surface area (Å²) >= 11 is 0. The molecule has 0 amide bonds. The number of benzene rings is 4. The average molecular weight is 367 g/mol.